The molecule has 0 aliphatic heterocycles. The maximum atomic E-state index is 12.3. The number of benzene rings is 2. The van der Waals surface area contributed by atoms with Crippen molar-refractivity contribution < 1.29 is 4.79 Å². The Labute approximate surface area is 162 Å². The van der Waals surface area contributed by atoms with Crippen molar-refractivity contribution in [2.75, 3.05) is 5.32 Å². The van der Waals surface area contributed by atoms with Gasteiger partial charge < -0.3 is 5.32 Å². The molecule has 1 aromatic heterocycles. The third kappa shape index (κ3) is 4.20. The molecule has 0 saturated heterocycles. The predicted octanol–water partition coefficient (Wildman–Crippen LogP) is 4.91. The number of halogens is 1. The number of hydrogen-bond donors (Lipinski definition) is 2. The summed E-state index contributed by atoms with van der Waals surface area (Å²) in [6, 6.07) is 13.4. The van der Waals surface area contributed by atoms with Crippen molar-refractivity contribution in [2.45, 2.75) is 26.8 Å². The molecule has 5 nitrogen and oxygen atoms in total. The second kappa shape index (κ2) is 7.85. The van der Waals surface area contributed by atoms with Crippen molar-refractivity contribution in [2.24, 2.45) is 0 Å². The van der Waals surface area contributed by atoms with Crippen LogP contribution in [0.5, 0.6) is 0 Å². The molecule has 0 atom stereocenters. The lowest BCUT2D eigenvalue weighted by Gasteiger charge is -2.10. The number of nitrogens with one attached hydrogen (secondary N) is 2. The molecule has 0 saturated carbocycles. The van der Waals surface area contributed by atoms with Crippen LogP contribution in [0.1, 0.15) is 17.5 Å². The minimum absolute atomic E-state index is 0.0892. The van der Waals surface area contributed by atoms with E-state index < -0.39 is 0 Å². The predicted molar refractivity (Wildman–Crippen MR) is 107 cm³/mol. The Morgan fingerprint density at radius 2 is 2.08 bits per heavy atom. The molecule has 1 heterocycles. The van der Waals surface area contributed by atoms with E-state index in [1.165, 1.54) is 0 Å². The molecule has 3 rings (SSSR count). The van der Waals surface area contributed by atoms with E-state index in [4.69, 9.17) is 23.8 Å². The van der Waals surface area contributed by atoms with E-state index in [1.54, 1.807) is 12.1 Å². The first-order chi connectivity index (χ1) is 12.4. The molecular formula is C19H19ClN4OS. The summed E-state index contributed by atoms with van der Waals surface area (Å²) in [5, 5.41) is 10.7. The molecule has 0 bridgehead atoms. The quantitative estimate of drug-likeness (QED) is 0.612. The molecule has 0 radical (unpaired) electrons. The van der Waals surface area contributed by atoms with Crippen LogP contribution in [0.2, 0.25) is 5.02 Å². The summed E-state index contributed by atoms with van der Waals surface area (Å²) in [6.07, 6.45) is 0.286. The zero-order valence-electron chi connectivity index (χ0n) is 14.5. The van der Waals surface area contributed by atoms with Gasteiger partial charge >= 0.3 is 0 Å². The lowest BCUT2D eigenvalue weighted by molar-refractivity contribution is -0.116. The number of anilines is 1. The third-order valence-electron chi connectivity index (χ3n) is 4.06. The molecule has 0 aliphatic rings. The van der Waals surface area contributed by atoms with Crippen LogP contribution in [0.15, 0.2) is 42.5 Å². The minimum Gasteiger partial charge on any atom is -0.326 e. The highest BCUT2D eigenvalue weighted by atomic mass is 35.5. The first kappa shape index (κ1) is 18.4. The van der Waals surface area contributed by atoms with Crippen LogP contribution in [0.4, 0.5) is 5.69 Å². The van der Waals surface area contributed by atoms with Gasteiger partial charge in [0.15, 0.2) is 10.6 Å². The second-order valence-electron chi connectivity index (χ2n) is 6.13. The smallest absolute Gasteiger partial charge is 0.226 e. The number of nitrogens with zero attached hydrogens (tertiary/aromatic N) is 2. The number of carbonyl (C=O) groups excluding carboxylic acids is 1. The van der Waals surface area contributed by atoms with E-state index in [1.807, 2.05) is 48.7 Å². The fourth-order valence-corrected chi connectivity index (χ4v) is 3.17. The summed E-state index contributed by atoms with van der Waals surface area (Å²) < 4.78 is 2.34. The number of aromatic nitrogens is 3. The van der Waals surface area contributed by atoms with E-state index in [0.29, 0.717) is 16.3 Å². The monoisotopic (exact) mass is 386 g/mol. The Hall–Kier alpha value is -2.44. The molecule has 3 aromatic rings. The number of carbonyl (C=O) groups is 1. The van der Waals surface area contributed by atoms with E-state index in [2.05, 4.69) is 15.5 Å². The van der Waals surface area contributed by atoms with Gasteiger partial charge in [-0.05, 0) is 55.9 Å². The number of H-pyrrole nitrogens is 1. The summed E-state index contributed by atoms with van der Waals surface area (Å²) in [7, 11) is 0. The normalized spacial score (nSPS) is 10.7. The molecule has 2 aromatic carbocycles. The van der Waals surface area contributed by atoms with Crippen LogP contribution in [0, 0.1) is 18.6 Å². The number of aryl methyl sites for hydroxylation is 2. The molecule has 0 aliphatic carbocycles. The minimum atomic E-state index is -0.0892. The Kier molecular flexibility index (Phi) is 5.54. The molecule has 26 heavy (non-hydrogen) atoms. The molecule has 0 fully saturated rings. The van der Waals surface area contributed by atoms with Gasteiger partial charge in [0.05, 0.1) is 0 Å². The number of hydrogen-bond acceptors (Lipinski definition) is 3. The third-order valence-corrected chi connectivity index (χ3v) is 4.61. The van der Waals surface area contributed by atoms with Crippen LogP contribution in [-0.2, 0) is 11.3 Å². The molecule has 1 amide bonds. The Balaban J connectivity index is 1.73. The van der Waals surface area contributed by atoms with Gasteiger partial charge in [0.25, 0.3) is 0 Å². The maximum Gasteiger partial charge on any atom is 0.226 e. The average molecular weight is 387 g/mol. The van der Waals surface area contributed by atoms with E-state index in [0.717, 1.165) is 28.2 Å². The van der Waals surface area contributed by atoms with Crippen molar-refractivity contribution in [1.29, 1.82) is 0 Å². The first-order valence-corrected chi connectivity index (χ1v) is 9.01. The van der Waals surface area contributed by atoms with Gasteiger partial charge in [-0.1, -0.05) is 35.4 Å². The van der Waals surface area contributed by atoms with Crippen molar-refractivity contribution >= 4 is 35.4 Å². The highest BCUT2D eigenvalue weighted by Gasteiger charge is 2.11. The summed E-state index contributed by atoms with van der Waals surface area (Å²) in [4.78, 5) is 12.3. The lowest BCUT2D eigenvalue weighted by atomic mass is 10.1. The van der Waals surface area contributed by atoms with Crippen molar-refractivity contribution in [1.82, 2.24) is 14.8 Å². The summed E-state index contributed by atoms with van der Waals surface area (Å²) in [6.45, 7) is 4.37. The fourth-order valence-electron chi connectivity index (χ4n) is 2.72. The summed E-state index contributed by atoms with van der Waals surface area (Å²) in [5.41, 5.74) is 3.78. The number of rotatable bonds is 5. The molecule has 0 spiro atoms. The zero-order valence-corrected chi connectivity index (χ0v) is 16.1. The number of amides is 1. The van der Waals surface area contributed by atoms with Gasteiger partial charge in [0, 0.05) is 29.2 Å². The highest BCUT2D eigenvalue weighted by molar-refractivity contribution is 7.71. The van der Waals surface area contributed by atoms with Gasteiger partial charge in [-0.25, -0.2) is 0 Å². The van der Waals surface area contributed by atoms with Gasteiger partial charge in [0.1, 0.15) is 0 Å². The van der Waals surface area contributed by atoms with Crippen molar-refractivity contribution in [3.05, 3.63) is 63.4 Å². The van der Waals surface area contributed by atoms with Crippen molar-refractivity contribution in [3.8, 4) is 11.4 Å². The van der Waals surface area contributed by atoms with Gasteiger partial charge in [-0.15, -0.1) is 0 Å². The number of aromatic amines is 1. The fraction of sp³-hybridized carbons (Fsp3) is 0.211. The van der Waals surface area contributed by atoms with E-state index in [-0.39, 0.29) is 12.3 Å². The van der Waals surface area contributed by atoms with Gasteiger partial charge in [0.2, 0.25) is 5.91 Å². The van der Waals surface area contributed by atoms with Crippen LogP contribution in [-0.4, -0.2) is 20.7 Å². The van der Waals surface area contributed by atoms with Gasteiger partial charge in [-0.2, -0.15) is 5.10 Å². The Bertz CT molecular complexity index is 1010. The van der Waals surface area contributed by atoms with Crippen LogP contribution >= 0.6 is 23.8 Å². The molecule has 7 heteroatoms. The maximum absolute atomic E-state index is 12.3. The molecule has 134 valence electrons. The van der Waals surface area contributed by atoms with Gasteiger partial charge in [-0.3, -0.25) is 14.5 Å². The second-order valence-corrected chi connectivity index (χ2v) is 6.95. The molecule has 0 unspecified atom stereocenters. The zero-order chi connectivity index (χ0) is 18.7. The van der Waals surface area contributed by atoms with Crippen LogP contribution in [0.25, 0.3) is 11.4 Å². The highest BCUT2D eigenvalue weighted by Crippen LogP contribution is 2.21. The average Bonchev–Trinajstić information content (AvgIpc) is 2.96. The summed E-state index contributed by atoms with van der Waals surface area (Å²) >= 11 is 11.3. The van der Waals surface area contributed by atoms with Crippen molar-refractivity contribution in [3.63, 3.8) is 0 Å². The topological polar surface area (TPSA) is 62.7 Å². The molecule has 2 N–H and O–H groups in total. The molecular weight excluding hydrogens is 368 g/mol. The Morgan fingerprint density at radius 3 is 2.81 bits per heavy atom. The summed E-state index contributed by atoms with van der Waals surface area (Å²) in [5.74, 6) is 0.642. The standard InChI is InChI=1S/C19H19ClN4OS/c1-12-4-3-5-14(10-12)18-22-23-19(26)24(18)9-8-17(25)21-16-7-6-15(20)11-13(16)2/h3-7,10-11H,8-9H2,1-2H3,(H,21,25)(H,23,26). The lowest BCUT2D eigenvalue weighted by Crippen LogP contribution is -2.15. The first-order valence-electron chi connectivity index (χ1n) is 8.22. The van der Waals surface area contributed by atoms with E-state index in [9.17, 15) is 4.79 Å². The SMILES string of the molecule is Cc1cccc(-c2n[nH]c(=S)n2CCC(=O)Nc2ccc(Cl)cc2C)c1. The van der Waals surface area contributed by atoms with Crippen LogP contribution in [0.3, 0.4) is 0 Å². The Morgan fingerprint density at radius 1 is 1.27 bits per heavy atom. The van der Waals surface area contributed by atoms with E-state index >= 15 is 0 Å². The van der Waals surface area contributed by atoms with Crippen LogP contribution < -0.4 is 5.32 Å². The largest absolute Gasteiger partial charge is 0.326 e.